The Bertz CT molecular complexity index is 273. The number of hydrogen-bond acceptors (Lipinski definition) is 4. The molecule has 2 rings (SSSR count). The van der Waals surface area contributed by atoms with Gasteiger partial charge >= 0.3 is 0 Å². The Hall–Kier alpha value is -0.160. The average Bonchev–Trinajstić information content (AvgIpc) is 2.48. The zero-order valence-corrected chi connectivity index (χ0v) is 12.6. The van der Waals surface area contributed by atoms with E-state index in [1.165, 1.54) is 19.4 Å². The summed E-state index contributed by atoms with van der Waals surface area (Å²) >= 11 is 0. The van der Waals surface area contributed by atoms with Crippen LogP contribution in [0.4, 0.5) is 0 Å². The highest BCUT2D eigenvalue weighted by molar-refractivity contribution is 4.98. The molecule has 3 unspecified atom stereocenters. The molecule has 0 spiro atoms. The largest absolute Gasteiger partial charge is 0.384 e. The van der Waals surface area contributed by atoms with Crippen molar-refractivity contribution < 1.29 is 9.47 Å². The van der Waals surface area contributed by atoms with E-state index in [2.05, 4.69) is 11.8 Å². The Labute approximate surface area is 117 Å². The zero-order chi connectivity index (χ0) is 13.7. The second-order valence-electron chi connectivity index (χ2n) is 6.19. The van der Waals surface area contributed by atoms with Crippen molar-refractivity contribution in [1.82, 2.24) is 4.90 Å². The fourth-order valence-corrected chi connectivity index (χ4v) is 3.73. The summed E-state index contributed by atoms with van der Waals surface area (Å²) in [4.78, 5) is 2.64. The van der Waals surface area contributed by atoms with Crippen LogP contribution in [-0.2, 0) is 9.47 Å². The first kappa shape index (κ1) is 15.2. The van der Waals surface area contributed by atoms with E-state index in [1.807, 2.05) is 0 Å². The van der Waals surface area contributed by atoms with Gasteiger partial charge in [0.05, 0.1) is 12.7 Å². The van der Waals surface area contributed by atoms with E-state index in [4.69, 9.17) is 15.2 Å². The van der Waals surface area contributed by atoms with E-state index < -0.39 is 0 Å². The van der Waals surface area contributed by atoms with Gasteiger partial charge in [-0.05, 0) is 44.6 Å². The molecule has 2 fully saturated rings. The summed E-state index contributed by atoms with van der Waals surface area (Å²) in [7, 11) is 1.80. The van der Waals surface area contributed by atoms with E-state index in [1.54, 1.807) is 7.11 Å². The van der Waals surface area contributed by atoms with Crippen molar-refractivity contribution in [3.05, 3.63) is 0 Å². The second kappa shape index (κ2) is 7.02. The Kier molecular flexibility index (Phi) is 5.63. The normalized spacial score (nSPS) is 37.4. The van der Waals surface area contributed by atoms with Gasteiger partial charge < -0.3 is 15.2 Å². The second-order valence-corrected chi connectivity index (χ2v) is 6.19. The van der Waals surface area contributed by atoms with Crippen LogP contribution in [0.25, 0.3) is 0 Å². The SMILES string of the molecule is CCC1CC(CN)(N2CCCC(COC)C2)CCO1. The molecule has 19 heavy (non-hydrogen) atoms. The van der Waals surface area contributed by atoms with Crippen molar-refractivity contribution in [3.8, 4) is 0 Å². The van der Waals surface area contributed by atoms with Gasteiger partial charge in [-0.2, -0.15) is 0 Å². The van der Waals surface area contributed by atoms with Crippen molar-refractivity contribution in [2.45, 2.75) is 50.7 Å². The van der Waals surface area contributed by atoms with Crippen LogP contribution in [0.15, 0.2) is 0 Å². The van der Waals surface area contributed by atoms with Crippen LogP contribution in [0.1, 0.15) is 39.0 Å². The monoisotopic (exact) mass is 270 g/mol. The summed E-state index contributed by atoms with van der Waals surface area (Å²) in [6.45, 7) is 7.04. The number of nitrogens with two attached hydrogens (primary N) is 1. The van der Waals surface area contributed by atoms with Gasteiger partial charge in [-0.3, -0.25) is 4.90 Å². The topological polar surface area (TPSA) is 47.7 Å². The van der Waals surface area contributed by atoms with Crippen molar-refractivity contribution in [2.75, 3.05) is 40.0 Å². The predicted molar refractivity (Wildman–Crippen MR) is 77.2 cm³/mol. The lowest BCUT2D eigenvalue weighted by Gasteiger charge is -2.50. The molecule has 2 aliphatic rings. The molecule has 2 N–H and O–H groups in total. The molecular formula is C15H30N2O2. The number of ether oxygens (including phenoxy) is 2. The average molecular weight is 270 g/mol. The summed E-state index contributed by atoms with van der Waals surface area (Å²) in [6.07, 6.45) is 6.22. The van der Waals surface area contributed by atoms with Crippen LogP contribution in [0.5, 0.6) is 0 Å². The van der Waals surface area contributed by atoms with E-state index in [0.29, 0.717) is 12.0 Å². The Morgan fingerprint density at radius 2 is 2.32 bits per heavy atom. The van der Waals surface area contributed by atoms with Crippen molar-refractivity contribution in [1.29, 1.82) is 0 Å². The molecule has 4 heteroatoms. The van der Waals surface area contributed by atoms with E-state index in [-0.39, 0.29) is 5.54 Å². The van der Waals surface area contributed by atoms with Gasteiger partial charge in [0.15, 0.2) is 0 Å². The summed E-state index contributed by atoms with van der Waals surface area (Å²) in [5, 5.41) is 0. The van der Waals surface area contributed by atoms with Crippen LogP contribution in [0.3, 0.4) is 0 Å². The highest BCUT2D eigenvalue weighted by atomic mass is 16.5. The van der Waals surface area contributed by atoms with Crippen molar-refractivity contribution >= 4 is 0 Å². The van der Waals surface area contributed by atoms with Gasteiger partial charge in [0.1, 0.15) is 0 Å². The van der Waals surface area contributed by atoms with Crippen LogP contribution < -0.4 is 5.73 Å². The van der Waals surface area contributed by atoms with Gasteiger partial charge in [-0.25, -0.2) is 0 Å². The van der Waals surface area contributed by atoms with Crippen LogP contribution in [0, 0.1) is 5.92 Å². The lowest BCUT2D eigenvalue weighted by atomic mass is 9.81. The fourth-order valence-electron chi connectivity index (χ4n) is 3.73. The molecule has 0 aromatic heterocycles. The summed E-state index contributed by atoms with van der Waals surface area (Å²) < 4.78 is 11.2. The summed E-state index contributed by atoms with van der Waals surface area (Å²) in [6, 6.07) is 0. The first-order valence-corrected chi connectivity index (χ1v) is 7.79. The summed E-state index contributed by atoms with van der Waals surface area (Å²) in [5.41, 5.74) is 6.35. The third kappa shape index (κ3) is 3.48. The van der Waals surface area contributed by atoms with E-state index >= 15 is 0 Å². The molecule has 0 aromatic carbocycles. The van der Waals surface area contributed by atoms with Gasteiger partial charge in [0.2, 0.25) is 0 Å². The third-order valence-electron chi connectivity index (χ3n) is 4.96. The minimum absolute atomic E-state index is 0.172. The number of likely N-dealkylation sites (tertiary alicyclic amines) is 1. The standard InChI is InChI=1S/C15H30N2O2/c1-3-14-9-15(12-16,6-8-19-14)17-7-4-5-13(10-17)11-18-2/h13-14H,3-12,16H2,1-2H3. The maximum absolute atomic E-state index is 6.18. The highest BCUT2D eigenvalue weighted by Crippen LogP contribution is 2.34. The molecule has 2 aliphatic heterocycles. The number of methoxy groups -OCH3 is 1. The number of nitrogens with zero attached hydrogens (tertiary/aromatic N) is 1. The molecule has 0 amide bonds. The van der Waals surface area contributed by atoms with Gasteiger partial charge in [-0.15, -0.1) is 0 Å². The molecule has 0 saturated carbocycles. The third-order valence-corrected chi connectivity index (χ3v) is 4.96. The number of rotatable bonds is 5. The molecule has 4 nitrogen and oxygen atoms in total. The van der Waals surface area contributed by atoms with E-state index in [0.717, 1.165) is 45.6 Å². The number of hydrogen-bond donors (Lipinski definition) is 1. The maximum atomic E-state index is 6.18. The van der Waals surface area contributed by atoms with Gasteiger partial charge in [0.25, 0.3) is 0 Å². The van der Waals surface area contributed by atoms with Crippen molar-refractivity contribution in [3.63, 3.8) is 0 Å². The molecule has 2 saturated heterocycles. The Morgan fingerprint density at radius 3 is 3.00 bits per heavy atom. The van der Waals surface area contributed by atoms with Gasteiger partial charge in [-0.1, -0.05) is 6.92 Å². The molecule has 112 valence electrons. The number of piperidine rings is 1. The fraction of sp³-hybridized carbons (Fsp3) is 1.00. The first-order valence-electron chi connectivity index (χ1n) is 7.79. The maximum Gasteiger partial charge on any atom is 0.0590 e. The van der Waals surface area contributed by atoms with Crippen LogP contribution in [-0.4, -0.2) is 56.5 Å². The molecule has 0 radical (unpaired) electrons. The smallest absolute Gasteiger partial charge is 0.0590 e. The van der Waals surface area contributed by atoms with Crippen molar-refractivity contribution in [2.24, 2.45) is 11.7 Å². The zero-order valence-electron chi connectivity index (χ0n) is 12.6. The molecule has 2 heterocycles. The Morgan fingerprint density at radius 1 is 1.47 bits per heavy atom. The first-order chi connectivity index (χ1) is 9.24. The quantitative estimate of drug-likeness (QED) is 0.825. The molecule has 0 aliphatic carbocycles. The Balaban J connectivity index is 2.02. The molecule has 0 aromatic rings. The van der Waals surface area contributed by atoms with Gasteiger partial charge in [0, 0.05) is 32.3 Å². The molecular weight excluding hydrogens is 240 g/mol. The minimum atomic E-state index is 0.172. The van der Waals surface area contributed by atoms with E-state index in [9.17, 15) is 0 Å². The lowest BCUT2D eigenvalue weighted by Crippen LogP contribution is -2.61. The lowest BCUT2D eigenvalue weighted by molar-refractivity contribution is -0.0852. The highest BCUT2D eigenvalue weighted by Gasteiger charge is 2.41. The minimum Gasteiger partial charge on any atom is -0.384 e. The summed E-state index contributed by atoms with van der Waals surface area (Å²) in [5.74, 6) is 0.671. The van der Waals surface area contributed by atoms with Crippen LogP contribution in [0.2, 0.25) is 0 Å². The molecule has 3 atom stereocenters. The van der Waals surface area contributed by atoms with Crippen LogP contribution >= 0.6 is 0 Å². The molecule has 0 bridgehead atoms. The predicted octanol–water partition coefficient (Wildman–Crippen LogP) is 1.63.